The Kier molecular flexibility index (Phi) is 4.42. The molecular weight excluding hydrogens is 370 g/mol. The van der Waals surface area contributed by atoms with Gasteiger partial charge in [0.15, 0.2) is 10.8 Å². The summed E-state index contributed by atoms with van der Waals surface area (Å²) in [6.07, 6.45) is 1.23. The number of halogens is 1. The second kappa shape index (κ2) is 6.27. The quantitative estimate of drug-likeness (QED) is 0.519. The average molecular weight is 382 g/mol. The number of fused-ring (bicyclic) bond motifs is 1. The summed E-state index contributed by atoms with van der Waals surface area (Å²) >= 11 is 0.966. The molecule has 0 saturated carbocycles. The Hall–Kier alpha value is -2.19. The van der Waals surface area contributed by atoms with E-state index in [0.29, 0.717) is 4.34 Å². The highest BCUT2D eigenvalue weighted by Gasteiger charge is 2.26. The van der Waals surface area contributed by atoms with Crippen molar-refractivity contribution in [3.8, 4) is 0 Å². The fraction of sp³-hybridized carbons (Fsp3) is 0.133. The second-order valence-electron chi connectivity index (χ2n) is 5.21. The molecule has 0 amide bonds. The lowest BCUT2D eigenvalue weighted by molar-refractivity contribution is 0.0984. The molecule has 2 N–H and O–H groups in total. The first-order chi connectivity index (χ1) is 11.7. The van der Waals surface area contributed by atoms with Crippen molar-refractivity contribution < 1.29 is 28.3 Å². The molecule has 0 unspecified atom stereocenters. The predicted octanol–water partition coefficient (Wildman–Crippen LogP) is 3.00. The molecule has 130 valence electrons. The highest BCUT2D eigenvalue weighted by atomic mass is 32.1. The second-order valence-corrected chi connectivity index (χ2v) is 7.52. The fourth-order valence-electron chi connectivity index (χ4n) is 2.38. The summed E-state index contributed by atoms with van der Waals surface area (Å²) in [6, 6.07) is 3.31. The zero-order valence-electron chi connectivity index (χ0n) is 12.8. The van der Waals surface area contributed by atoms with Gasteiger partial charge in [-0.3, -0.25) is 13.9 Å². The van der Waals surface area contributed by atoms with Gasteiger partial charge in [0.05, 0.1) is 11.1 Å². The molecule has 2 aromatic heterocycles. The van der Waals surface area contributed by atoms with Crippen LogP contribution in [-0.2, 0) is 4.57 Å². The SMILES string of the molecule is CCC(=O)c1csc(C(=O)c2cn(P(=O)(O)O)c3cc(F)ccc23)n1. The van der Waals surface area contributed by atoms with Crippen molar-refractivity contribution in [3.05, 3.63) is 51.9 Å². The molecule has 0 aliphatic rings. The monoisotopic (exact) mass is 382 g/mol. The third kappa shape index (κ3) is 3.19. The number of Topliss-reactive ketones (excluding diaryl/α,β-unsaturated/α-hetero) is 1. The number of benzene rings is 1. The van der Waals surface area contributed by atoms with Crippen LogP contribution in [0.5, 0.6) is 0 Å². The van der Waals surface area contributed by atoms with Crippen LogP contribution < -0.4 is 0 Å². The molecule has 1 aromatic carbocycles. The van der Waals surface area contributed by atoms with E-state index in [-0.39, 0.29) is 39.4 Å². The van der Waals surface area contributed by atoms with E-state index >= 15 is 0 Å². The van der Waals surface area contributed by atoms with Crippen LogP contribution in [0, 0.1) is 5.82 Å². The van der Waals surface area contributed by atoms with Crippen LogP contribution >= 0.6 is 19.1 Å². The molecule has 3 aromatic rings. The van der Waals surface area contributed by atoms with Gasteiger partial charge in [-0.25, -0.2) is 13.9 Å². The zero-order chi connectivity index (χ0) is 18.4. The van der Waals surface area contributed by atoms with E-state index in [2.05, 4.69) is 4.98 Å². The van der Waals surface area contributed by atoms with Gasteiger partial charge in [-0.1, -0.05) is 6.92 Å². The summed E-state index contributed by atoms with van der Waals surface area (Å²) in [7, 11) is -4.78. The Balaban J connectivity index is 2.15. The highest BCUT2D eigenvalue weighted by Crippen LogP contribution is 2.42. The summed E-state index contributed by atoms with van der Waals surface area (Å²) in [4.78, 5) is 47.2. The maximum atomic E-state index is 13.5. The van der Waals surface area contributed by atoms with Crippen molar-refractivity contribution in [1.82, 2.24) is 9.32 Å². The number of aromatic nitrogens is 2. The van der Waals surface area contributed by atoms with E-state index in [1.165, 1.54) is 11.4 Å². The Morgan fingerprint density at radius 1 is 1.36 bits per heavy atom. The molecule has 10 heteroatoms. The number of ketones is 2. The Bertz CT molecular complexity index is 1050. The van der Waals surface area contributed by atoms with Crippen LogP contribution in [0.4, 0.5) is 4.39 Å². The lowest BCUT2D eigenvalue weighted by Crippen LogP contribution is -2.03. The van der Waals surface area contributed by atoms with Crippen molar-refractivity contribution in [2.24, 2.45) is 0 Å². The van der Waals surface area contributed by atoms with E-state index in [1.54, 1.807) is 6.92 Å². The van der Waals surface area contributed by atoms with Crippen LogP contribution in [0.25, 0.3) is 10.9 Å². The number of carbonyl (C=O) groups is 2. The van der Waals surface area contributed by atoms with Gasteiger partial charge in [-0.2, -0.15) is 0 Å². The first-order valence-corrected chi connectivity index (χ1v) is 9.57. The third-order valence-corrected chi connectivity index (χ3v) is 5.31. The van der Waals surface area contributed by atoms with Crippen molar-refractivity contribution >= 4 is 41.6 Å². The smallest absolute Gasteiger partial charge is 0.308 e. The molecule has 7 nitrogen and oxygen atoms in total. The largest absolute Gasteiger partial charge is 0.434 e. The molecule has 0 spiro atoms. The van der Waals surface area contributed by atoms with Crippen molar-refractivity contribution in [2.45, 2.75) is 13.3 Å². The van der Waals surface area contributed by atoms with Crippen LogP contribution in [0.1, 0.15) is 39.2 Å². The summed E-state index contributed by atoms with van der Waals surface area (Å²) in [6.45, 7) is 1.67. The number of hydrogen-bond donors (Lipinski definition) is 2. The lowest BCUT2D eigenvalue weighted by Gasteiger charge is -2.05. The minimum absolute atomic E-state index is 0.0193. The van der Waals surface area contributed by atoms with Gasteiger partial charge in [0.2, 0.25) is 5.78 Å². The summed E-state index contributed by atoms with van der Waals surface area (Å²) in [5.41, 5.74) is 0.0434. The van der Waals surface area contributed by atoms with E-state index in [1.807, 2.05) is 0 Å². The van der Waals surface area contributed by atoms with Gasteiger partial charge in [-0.05, 0) is 18.2 Å². The maximum absolute atomic E-state index is 13.5. The first-order valence-electron chi connectivity index (χ1n) is 7.12. The molecule has 0 aliphatic carbocycles. The van der Waals surface area contributed by atoms with Gasteiger partial charge >= 0.3 is 7.75 Å². The van der Waals surface area contributed by atoms with E-state index < -0.39 is 19.3 Å². The van der Waals surface area contributed by atoms with Gasteiger partial charge < -0.3 is 9.79 Å². The normalized spacial score (nSPS) is 11.8. The first kappa shape index (κ1) is 17.6. The number of hydrogen-bond acceptors (Lipinski definition) is 5. The summed E-state index contributed by atoms with van der Waals surface area (Å²) in [5.74, 6) is -1.50. The van der Waals surface area contributed by atoms with E-state index in [4.69, 9.17) is 0 Å². The summed E-state index contributed by atoms with van der Waals surface area (Å²) in [5, 5.41) is 1.67. The van der Waals surface area contributed by atoms with Crippen molar-refractivity contribution in [3.63, 3.8) is 0 Å². The molecule has 2 heterocycles. The minimum Gasteiger partial charge on any atom is -0.308 e. The average Bonchev–Trinajstić information content (AvgIpc) is 3.17. The van der Waals surface area contributed by atoms with Gasteiger partial charge in [-0.15, -0.1) is 11.3 Å². The predicted molar refractivity (Wildman–Crippen MR) is 89.5 cm³/mol. The number of rotatable bonds is 5. The highest BCUT2D eigenvalue weighted by molar-refractivity contribution is 7.50. The Morgan fingerprint density at radius 2 is 2.08 bits per heavy atom. The lowest BCUT2D eigenvalue weighted by atomic mass is 10.1. The number of thiazole rings is 1. The minimum atomic E-state index is -4.78. The van der Waals surface area contributed by atoms with Gasteiger partial charge in [0, 0.05) is 23.4 Å². The van der Waals surface area contributed by atoms with Crippen LogP contribution in [0.3, 0.4) is 0 Å². The van der Waals surface area contributed by atoms with Crippen LogP contribution in [-0.4, -0.2) is 30.7 Å². The van der Waals surface area contributed by atoms with Crippen molar-refractivity contribution in [1.29, 1.82) is 0 Å². The molecule has 0 aliphatic heterocycles. The van der Waals surface area contributed by atoms with Gasteiger partial charge in [0.1, 0.15) is 11.5 Å². The zero-order valence-corrected chi connectivity index (χ0v) is 14.6. The maximum Gasteiger partial charge on any atom is 0.434 e. The number of nitrogens with zero attached hydrogens (tertiary/aromatic N) is 2. The van der Waals surface area contributed by atoms with Crippen LogP contribution in [0.2, 0.25) is 0 Å². The number of carbonyl (C=O) groups excluding carboxylic acids is 2. The molecule has 0 radical (unpaired) electrons. The van der Waals surface area contributed by atoms with E-state index in [0.717, 1.165) is 29.7 Å². The molecule has 0 bridgehead atoms. The molecule has 3 rings (SSSR count). The fourth-order valence-corrected chi connectivity index (χ4v) is 3.87. The topological polar surface area (TPSA) is 109 Å². The van der Waals surface area contributed by atoms with Crippen molar-refractivity contribution in [2.75, 3.05) is 0 Å². The Morgan fingerprint density at radius 3 is 2.72 bits per heavy atom. The van der Waals surface area contributed by atoms with E-state index in [9.17, 15) is 28.3 Å². The standard InChI is InChI=1S/C15H12FN2O5PS/c1-2-13(19)11-7-25-15(17-11)14(20)10-6-18(24(21,22)23)12-5-8(16)3-4-9(10)12/h3-7H,2H2,1H3,(H2,21,22,23). The molecule has 25 heavy (non-hydrogen) atoms. The third-order valence-electron chi connectivity index (χ3n) is 3.58. The molecule has 0 atom stereocenters. The summed E-state index contributed by atoms with van der Waals surface area (Å²) < 4.78 is 25.7. The molecule has 0 saturated heterocycles. The Labute approximate surface area is 145 Å². The van der Waals surface area contributed by atoms with Crippen LogP contribution in [0.15, 0.2) is 29.8 Å². The molecule has 0 fully saturated rings. The molecular formula is C15H12FN2O5PS. The van der Waals surface area contributed by atoms with Gasteiger partial charge in [0.25, 0.3) is 0 Å².